The van der Waals surface area contributed by atoms with Crippen molar-refractivity contribution >= 4 is 11.0 Å². The van der Waals surface area contributed by atoms with Crippen LogP contribution in [0, 0.1) is 6.92 Å². The molecule has 0 radical (unpaired) electrons. The van der Waals surface area contributed by atoms with Gasteiger partial charge in [0.15, 0.2) is 0 Å². The van der Waals surface area contributed by atoms with Gasteiger partial charge in [-0.3, -0.25) is 0 Å². The summed E-state index contributed by atoms with van der Waals surface area (Å²) in [7, 11) is 0. The molecule has 0 spiro atoms. The van der Waals surface area contributed by atoms with Crippen molar-refractivity contribution in [3.05, 3.63) is 53.9 Å². The number of rotatable bonds is 2. The van der Waals surface area contributed by atoms with Crippen molar-refractivity contribution in [3.8, 4) is 11.1 Å². The molecule has 1 aliphatic carbocycles. The van der Waals surface area contributed by atoms with E-state index >= 15 is 0 Å². The van der Waals surface area contributed by atoms with E-state index in [-0.39, 0.29) is 0 Å². The number of fused-ring (bicyclic) bond motifs is 1. The van der Waals surface area contributed by atoms with Gasteiger partial charge in [-0.2, -0.15) is 0 Å². The first-order chi connectivity index (χ1) is 9.81. The predicted octanol–water partition coefficient (Wildman–Crippen LogP) is 4.81. The second kappa shape index (κ2) is 4.48. The molecular formula is C18H18N2. The second-order valence-corrected chi connectivity index (χ2v) is 5.86. The van der Waals surface area contributed by atoms with Crippen LogP contribution in [0.3, 0.4) is 0 Å². The van der Waals surface area contributed by atoms with Gasteiger partial charge >= 0.3 is 0 Å². The summed E-state index contributed by atoms with van der Waals surface area (Å²) >= 11 is 0. The molecule has 2 nitrogen and oxygen atoms in total. The summed E-state index contributed by atoms with van der Waals surface area (Å²) in [6, 6.07) is 11.0. The predicted molar refractivity (Wildman–Crippen MR) is 82.9 cm³/mol. The molecule has 0 saturated heterocycles. The van der Waals surface area contributed by atoms with Gasteiger partial charge in [0.1, 0.15) is 5.65 Å². The van der Waals surface area contributed by atoms with Crippen LogP contribution in [0.15, 0.2) is 42.7 Å². The Hall–Kier alpha value is -2.09. The quantitative estimate of drug-likeness (QED) is 0.705. The van der Waals surface area contributed by atoms with Crippen molar-refractivity contribution < 1.29 is 0 Å². The number of pyridine rings is 1. The van der Waals surface area contributed by atoms with E-state index in [1.807, 2.05) is 6.20 Å². The van der Waals surface area contributed by atoms with Crippen LogP contribution < -0.4 is 0 Å². The molecule has 0 atom stereocenters. The van der Waals surface area contributed by atoms with E-state index in [4.69, 9.17) is 0 Å². The van der Waals surface area contributed by atoms with Gasteiger partial charge in [-0.25, -0.2) is 4.98 Å². The Morgan fingerprint density at radius 2 is 1.90 bits per heavy atom. The van der Waals surface area contributed by atoms with Crippen molar-refractivity contribution in [2.24, 2.45) is 0 Å². The number of benzene rings is 1. The van der Waals surface area contributed by atoms with Crippen LogP contribution in [0.1, 0.15) is 36.3 Å². The van der Waals surface area contributed by atoms with E-state index in [0.29, 0.717) is 0 Å². The summed E-state index contributed by atoms with van der Waals surface area (Å²) in [5, 5.41) is 1.30. The maximum atomic E-state index is 4.59. The molecule has 0 amide bonds. The Labute approximate surface area is 118 Å². The maximum Gasteiger partial charge on any atom is 0.137 e. The Bertz CT molecular complexity index is 749. The smallest absolute Gasteiger partial charge is 0.137 e. The lowest BCUT2D eigenvalue weighted by Gasteiger charge is -2.24. The van der Waals surface area contributed by atoms with E-state index in [2.05, 4.69) is 53.4 Å². The highest BCUT2D eigenvalue weighted by Crippen LogP contribution is 2.40. The average Bonchev–Trinajstić information content (AvgIpc) is 2.81. The molecule has 0 aliphatic heterocycles. The van der Waals surface area contributed by atoms with Crippen molar-refractivity contribution in [3.63, 3.8) is 0 Å². The molecule has 2 aromatic heterocycles. The standard InChI is InChI=1S/C18H18N2/c1-12-5-7-13(8-6-12)15-9-16-17(14-3-2-4-14)11-20-18(16)19-10-15/h5-11,14H,2-4H2,1H3,(H,19,20). The van der Waals surface area contributed by atoms with Crippen molar-refractivity contribution in [2.75, 3.05) is 0 Å². The maximum absolute atomic E-state index is 4.59. The third-order valence-electron chi connectivity index (χ3n) is 4.49. The van der Waals surface area contributed by atoms with E-state index in [1.165, 1.54) is 46.9 Å². The SMILES string of the molecule is Cc1ccc(-c2cnc3[nH]cc(C4CCC4)c3c2)cc1. The third kappa shape index (κ3) is 1.83. The van der Waals surface area contributed by atoms with Crippen molar-refractivity contribution in [2.45, 2.75) is 32.1 Å². The zero-order valence-corrected chi connectivity index (χ0v) is 11.7. The highest BCUT2D eigenvalue weighted by atomic mass is 14.8. The van der Waals surface area contributed by atoms with E-state index in [1.54, 1.807) is 0 Å². The van der Waals surface area contributed by atoms with Gasteiger partial charge in [-0.05, 0) is 42.9 Å². The van der Waals surface area contributed by atoms with Gasteiger partial charge < -0.3 is 4.98 Å². The number of aromatic nitrogens is 2. The summed E-state index contributed by atoms with van der Waals surface area (Å²) in [6.07, 6.45) is 8.13. The topological polar surface area (TPSA) is 28.7 Å². The number of nitrogens with one attached hydrogen (secondary N) is 1. The Morgan fingerprint density at radius 3 is 2.60 bits per heavy atom. The highest BCUT2D eigenvalue weighted by Gasteiger charge is 2.22. The minimum absolute atomic E-state index is 0.735. The minimum Gasteiger partial charge on any atom is -0.346 e. The van der Waals surface area contributed by atoms with Gasteiger partial charge in [-0.1, -0.05) is 36.2 Å². The molecule has 20 heavy (non-hydrogen) atoms. The fraction of sp³-hybridized carbons (Fsp3) is 0.278. The van der Waals surface area contributed by atoms with E-state index < -0.39 is 0 Å². The first kappa shape index (κ1) is 11.7. The molecule has 0 bridgehead atoms. The molecule has 2 heterocycles. The molecule has 4 rings (SSSR count). The number of H-pyrrole nitrogens is 1. The summed E-state index contributed by atoms with van der Waals surface area (Å²) in [6.45, 7) is 2.12. The van der Waals surface area contributed by atoms with Crippen LogP contribution in [0.5, 0.6) is 0 Å². The largest absolute Gasteiger partial charge is 0.346 e. The molecular weight excluding hydrogens is 244 g/mol. The van der Waals surface area contributed by atoms with Crippen molar-refractivity contribution in [1.29, 1.82) is 0 Å². The molecule has 1 N–H and O–H groups in total. The molecule has 1 saturated carbocycles. The van der Waals surface area contributed by atoms with Crippen LogP contribution in [-0.2, 0) is 0 Å². The summed E-state index contributed by atoms with van der Waals surface area (Å²) in [4.78, 5) is 7.90. The van der Waals surface area contributed by atoms with Gasteiger partial charge in [0.25, 0.3) is 0 Å². The second-order valence-electron chi connectivity index (χ2n) is 5.86. The van der Waals surface area contributed by atoms with Gasteiger partial charge in [0.2, 0.25) is 0 Å². The lowest BCUT2D eigenvalue weighted by Crippen LogP contribution is -2.07. The van der Waals surface area contributed by atoms with Gasteiger partial charge in [0.05, 0.1) is 0 Å². The first-order valence-electron chi connectivity index (χ1n) is 7.35. The zero-order chi connectivity index (χ0) is 13.5. The van der Waals surface area contributed by atoms with Crippen LogP contribution in [-0.4, -0.2) is 9.97 Å². The Balaban J connectivity index is 1.82. The number of hydrogen-bond acceptors (Lipinski definition) is 1. The summed E-state index contributed by atoms with van der Waals surface area (Å²) < 4.78 is 0. The van der Waals surface area contributed by atoms with Crippen molar-refractivity contribution in [1.82, 2.24) is 9.97 Å². The van der Waals surface area contributed by atoms with Gasteiger partial charge in [0, 0.05) is 23.3 Å². The molecule has 1 fully saturated rings. The number of aromatic amines is 1. The third-order valence-corrected chi connectivity index (χ3v) is 4.49. The Morgan fingerprint density at radius 1 is 1.10 bits per heavy atom. The molecule has 0 unspecified atom stereocenters. The fourth-order valence-electron chi connectivity index (χ4n) is 2.98. The van der Waals surface area contributed by atoms with Crippen LogP contribution in [0.2, 0.25) is 0 Å². The number of aryl methyl sites for hydroxylation is 1. The average molecular weight is 262 g/mol. The van der Waals surface area contributed by atoms with E-state index in [9.17, 15) is 0 Å². The number of nitrogens with zero attached hydrogens (tertiary/aromatic N) is 1. The van der Waals surface area contributed by atoms with Crippen LogP contribution >= 0.6 is 0 Å². The van der Waals surface area contributed by atoms with Crippen LogP contribution in [0.25, 0.3) is 22.2 Å². The Kier molecular flexibility index (Phi) is 2.62. The van der Waals surface area contributed by atoms with Gasteiger partial charge in [-0.15, -0.1) is 0 Å². The fourth-order valence-corrected chi connectivity index (χ4v) is 2.98. The number of hydrogen-bond donors (Lipinski definition) is 1. The monoisotopic (exact) mass is 262 g/mol. The zero-order valence-electron chi connectivity index (χ0n) is 11.7. The lowest BCUT2D eigenvalue weighted by atomic mass is 9.80. The summed E-state index contributed by atoms with van der Waals surface area (Å²) in [5.74, 6) is 0.735. The minimum atomic E-state index is 0.735. The lowest BCUT2D eigenvalue weighted by molar-refractivity contribution is 0.422. The van der Waals surface area contributed by atoms with E-state index in [0.717, 1.165) is 11.6 Å². The summed E-state index contributed by atoms with van der Waals surface area (Å²) in [5.41, 5.74) is 6.21. The normalized spacial score (nSPS) is 15.4. The molecule has 1 aromatic carbocycles. The molecule has 2 heteroatoms. The highest BCUT2D eigenvalue weighted by molar-refractivity contribution is 5.85. The molecule has 100 valence electrons. The first-order valence-corrected chi connectivity index (χ1v) is 7.35. The molecule has 1 aliphatic rings. The van der Waals surface area contributed by atoms with Crippen LogP contribution in [0.4, 0.5) is 0 Å². The molecule has 3 aromatic rings.